The summed E-state index contributed by atoms with van der Waals surface area (Å²) in [7, 11) is 0. The lowest BCUT2D eigenvalue weighted by atomic mass is 10.1. The van der Waals surface area contributed by atoms with Crippen molar-refractivity contribution in [1.29, 1.82) is 0 Å². The average molecular weight is 480 g/mol. The van der Waals surface area contributed by atoms with E-state index in [0.29, 0.717) is 73.5 Å². The molecule has 0 aliphatic carbocycles. The molecule has 2 aliphatic rings. The number of rotatable bonds is 8. The van der Waals surface area contributed by atoms with Crippen LogP contribution < -0.4 is 14.8 Å². The van der Waals surface area contributed by atoms with Gasteiger partial charge in [-0.2, -0.15) is 0 Å². The van der Waals surface area contributed by atoms with Crippen molar-refractivity contribution in [1.82, 2.24) is 19.9 Å². The molecule has 1 aromatic carbocycles. The van der Waals surface area contributed by atoms with Crippen molar-refractivity contribution in [2.75, 3.05) is 38.2 Å². The zero-order valence-corrected chi connectivity index (χ0v) is 19.2. The second kappa shape index (κ2) is 10.2. The molecule has 1 amide bonds. The molecular formula is C25H26FN5O4. The number of hydrogen-bond donors (Lipinski definition) is 1. The fourth-order valence-corrected chi connectivity index (χ4v) is 4.17. The van der Waals surface area contributed by atoms with Crippen molar-refractivity contribution in [3.63, 3.8) is 0 Å². The van der Waals surface area contributed by atoms with Crippen molar-refractivity contribution < 1.29 is 23.4 Å². The predicted molar refractivity (Wildman–Crippen MR) is 127 cm³/mol. The Bertz CT molecular complexity index is 1230. The van der Waals surface area contributed by atoms with Crippen LogP contribution in [0.5, 0.6) is 11.6 Å². The van der Waals surface area contributed by atoms with Gasteiger partial charge in [0.05, 0.1) is 31.0 Å². The van der Waals surface area contributed by atoms with Crippen LogP contribution in [0.25, 0.3) is 11.0 Å². The number of hydrogen-bond acceptors (Lipinski definition) is 8. The van der Waals surface area contributed by atoms with Crippen molar-refractivity contribution in [2.45, 2.75) is 18.9 Å². The van der Waals surface area contributed by atoms with Crippen molar-refractivity contribution in [3.8, 4) is 11.6 Å². The molecule has 0 saturated carbocycles. The first kappa shape index (κ1) is 23.0. The molecule has 3 aromatic rings. The first-order valence-corrected chi connectivity index (χ1v) is 11.6. The summed E-state index contributed by atoms with van der Waals surface area (Å²) in [5.74, 6) is 1.01. The second-order valence-corrected chi connectivity index (χ2v) is 8.56. The third-order valence-electron chi connectivity index (χ3n) is 6.07. The molecule has 1 N–H and O–H groups in total. The van der Waals surface area contributed by atoms with Gasteiger partial charge in [0.15, 0.2) is 5.82 Å². The van der Waals surface area contributed by atoms with Crippen LogP contribution in [0.4, 0.5) is 15.9 Å². The van der Waals surface area contributed by atoms with Crippen LogP contribution in [0.1, 0.15) is 12.8 Å². The highest BCUT2D eigenvalue weighted by Crippen LogP contribution is 2.31. The Balaban J connectivity index is 1.35. The van der Waals surface area contributed by atoms with Crippen LogP contribution in [0.15, 0.2) is 49.3 Å². The predicted octanol–water partition coefficient (Wildman–Crippen LogP) is 3.49. The number of nitrogens with one attached hydrogen (secondary N) is 1. The van der Waals surface area contributed by atoms with E-state index in [1.807, 2.05) is 0 Å². The molecule has 0 radical (unpaired) electrons. The van der Waals surface area contributed by atoms with E-state index < -0.39 is 5.82 Å². The number of pyridine rings is 1. The molecule has 35 heavy (non-hydrogen) atoms. The van der Waals surface area contributed by atoms with Gasteiger partial charge in [-0.1, -0.05) is 6.58 Å². The van der Waals surface area contributed by atoms with E-state index in [0.717, 1.165) is 6.42 Å². The van der Waals surface area contributed by atoms with Gasteiger partial charge >= 0.3 is 0 Å². The highest BCUT2D eigenvalue weighted by Gasteiger charge is 2.27. The Hall–Kier alpha value is -3.79. The molecule has 2 atom stereocenters. The number of anilines is 2. The van der Waals surface area contributed by atoms with Crippen molar-refractivity contribution in [3.05, 3.63) is 55.1 Å². The van der Waals surface area contributed by atoms with Gasteiger partial charge in [-0.25, -0.2) is 19.3 Å². The Labute approximate surface area is 201 Å². The number of amides is 1. The number of carbonyl (C=O) groups is 1. The van der Waals surface area contributed by atoms with Crippen molar-refractivity contribution >= 4 is 28.4 Å². The normalized spacial score (nSPS) is 19.6. The summed E-state index contributed by atoms with van der Waals surface area (Å²) in [5.41, 5.74) is 1.69. The minimum absolute atomic E-state index is 0.111. The van der Waals surface area contributed by atoms with E-state index in [1.54, 1.807) is 23.1 Å². The number of carbonyl (C=O) groups excluding carboxylic acids is 1. The van der Waals surface area contributed by atoms with E-state index in [9.17, 15) is 9.18 Å². The topological polar surface area (TPSA) is 98.7 Å². The number of ether oxygens (including phenoxy) is 3. The van der Waals surface area contributed by atoms with Gasteiger partial charge in [0.2, 0.25) is 11.8 Å². The number of likely N-dealkylation sites (tertiary alicyclic amines) is 1. The van der Waals surface area contributed by atoms with E-state index in [1.165, 1.54) is 24.5 Å². The largest absolute Gasteiger partial charge is 0.491 e. The maximum absolute atomic E-state index is 14.0. The first-order chi connectivity index (χ1) is 17.1. The zero-order chi connectivity index (χ0) is 24.2. The zero-order valence-electron chi connectivity index (χ0n) is 19.2. The summed E-state index contributed by atoms with van der Waals surface area (Å²) in [5, 5.41) is 3.21. The summed E-state index contributed by atoms with van der Waals surface area (Å²) in [6, 6.07) is 7.85. The average Bonchev–Trinajstić information content (AvgIpc) is 3.56. The third-order valence-corrected chi connectivity index (χ3v) is 6.07. The van der Waals surface area contributed by atoms with E-state index in [-0.39, 0.29) is 17.9 Å². The molecule has 0 spiro atoms. The van der Waals surface area contributed by atoms with Crippen LogP contribution in [0.2, 0.25) is 0 Å². The molecule has 2 aromatic heterocycles. The monoisotopic (exact) mass is 479 g/mol. The number of halogens is 1. The molecule has 2 saturated heterocycles. The smallest absolute Gasteiger partial charge is 0.246 e. The number of fused-ring (bicyclic) bond motifs is 1. The Morgan fingerprint density at radius 1 is 1.29 bits per heavy atom. The van der Waals surface area contributed by atoms with E-state index >= 15 is 0 Å². The number of aromatic nitrogens is 3. The van der Waals surface area contributed by atoms with Gasteiger partial charge < -0.3 is 24.4 Å². The van der Waals surface area contributed by atoms with Gasteiger partial charge in [-0.3, -0.25) is 4.79 Å². The minimum atomic E-state index is -0.393. The Morgan fingerprint density at radius 2 is 2.20 bits per heavy atom. The summed E-state index contributed by atoms with van der Waals surface area (Å²) in [4.78, 5) is 26.8. The lowest BCUT2D eigenvalue weighted by molar-refractivity contribution is -0.125. The molecule has 5 rings (SSSR count). The quantitative estimate of drug-likeness (QED) is 0.491. The third kappa shape index (κ3) is 5.32. The lowest BCUT2D eigenvalue weighted by Crippen LogP contribution is -2.29. The molecule has 2 fully saturated rings. The molecule has 1 unspecified atom stereocenters. The van der Waals surface area contributed by atoms with Crippen LogP contribution in [0.3, 0.4) is 0 Å². The Kier molecular flexibility index (Phi) is 6.71. The second-order valence-electron chi connectivity index (χ2n) is 8.56. The SMILES string of the molecule is C=CC(=O)N1CC[C@H](Oc2ccc3ncnc(Nc4ccc(F)cc4OCC4CCOC4)c3n2)C1. The van der Waals surface area contributed by atoms with E-state index in [4.69, 9.17) is 14.2 Å². The first-order valence-electron chi connectivity index (χ1n) is 11.6. The minimum Gasteiger partial charge on any atom is -0.491 e. The van der Waals surface area contributed by atoms with Gasteiger partial charge in [0.25, 0.3) is 0 Å². The molecular weight excluding hydrogens is 453 g/mol. The van der Waals surface area contributed by atoms with Gasteiger partial charge in [0.1, 0.15) is 29.5 Å². The fraction of sp³-hybridized carbons (Fsp3) is 0.360. The van der Waals surface area contributed by atoms with Crippen LogP contribution in [-0.4, -0.2) is 64.8 Å². The highest BCUT2D eigenvalue weighted by molar-refractivity contribution is 5.88. The van der Waals surface area contributed by atoms with Crippen LogP contribution >= 0.6 is 0 Å². The van der Waals surface area contributed by atoms with Crippen LogP contribution in [-0.2, 0) is 9.53 Å². The van der Waals surface area contributed by atoms with Gasteiger partial charge in [0, 0.05) is 37.6 Å². The van der Waals surface area contributed by atoms with Gasteiger partial charge in [-0.15, -0.1) is 0 Å². The van der Waals surface area contributed by atoms with Gasteiger partial charge in [-0.05, 0) is 30.7 Å². The molecule has 4 heterocycles. The maximum Gasteiger partial charge on any atom is 0.246 e. The molecule has 10 heteroatoms. The summed E-state index contributed by atoms with van der Waals surface area (Å²) >= 11 is 0. The van der Waals surface area contributed by atoms with E-state index in [2.05, 4.69) is 26.8 Å². The number of nitrogens with zero attached hydrogens (tertiary/aromatic N) is 4. The maximum atomic E-state index is 14.0. The molecule has 182 valence electrons. The van der Waals surface area contributed by atoms with Crippen LogP contribution in [0, 0.1) is 11.7 Å². The number of benzene rings is 1. The Morgan fingerprint density at radius 3 is 3.03 bits per heavy atom. The highest BCUT2D eigenvalue weighted by atomic mass is 19.1. The summed E-state index contributed by atoms with van der Waals surface area (Å²) in [6.07, 6.45) is 4.20. The summed E-state index contributed by atoms with van der Waals surface area (Å²) in [6.45, 7) is 6.41. The van der Waals surface area contributed by atoms with Crippen molar-refractivity contribution in [2.24, 2.45) is 5.92 Å². The fourth-order valence-electron chi connectivity index (χ4n) is 4.17. The molecule has 9 nitrogen and oxygen atoms in total. The molecule has 2 aliphatic heterocycles. The standard InChI is InChI=1S/C25H26FN5O4/c1-2-23(32)31-9-7-18(12-31)35-22-6-5-20-24(30-22)25(28-15-27-20)29-19-4-3-17(26)11-21(19)34-14-16-8-10-33-13-16/h2-6,11,15-16,18H,1,7-10,12-14H2,(H,27,28,29)/t16?,18-/m0/s1. The lowest BCUT2D eigenvalue weighted by Gasteiger charge is -2.17. The summed E-state index contributed by atoms with van der Waals surface area (Å²) < 4.78 is 31.3. The molecule has 0 bridgehead atoms.